The maximum atomic E-state index is 10.6. The molecule has 1 aromatic rings. The van der Waals surface area contributed by atoms with Crippen molar-refractivity contribution in [1.82, 2.24) is 0 Å². The fraction of sp³-hybridized carbons (Fsp3) is 0. The molecule has 9 heteroatoms. The van der Waals surface area contributed by atoms with Crippen LogP contribution in [-0.2, 0) is 10.1 Å². The zero-order valence-corrected chi connectivity index (χ0v) is 9.49. The summed E-state index contributed by atoms with van der Waals surface area (Å²) in [4.78, 5) is -0.378. The summed E-state index contributed by atoms with van der Waals surface area (Å²) in [6, 6.07) is 3.81. The predicted molar refractivity (Wildman–Crippen MR) is 57.1 cm³/mol. The van der Waals surface area contributed by atoms with Crippen LogP contribution < -0.4 is 0 Å². The van der Waals surface area contributed by atoms with Crippen molar-refractivity contribution in [2.24, 2.45) is 0 Å². The first-order valence-corrected chi connectivity index (χ1v) is 5.03. The molecule has 0 bridgehead atoms. The lowest BCUT2D eigenvalue weighted by Gasteiger charge is -1.99. The van der Waals surface area contributed by atoms with E-state index in [2.05, 4.69) is 0 Å². The molecule has 0 heterocycles. The van der Waals surface area contributed by atoms with Gasteiger partial charge in [0.2, 0.25) is 0 Å². The zero-order valence-electron chi connectivity index (χ0n) is 7.16. The Morgan fingerprint density at radius 1 is 1.07 bits per heavy atom. The lowest BCUT2D eigenvalue weighted by atomic mass is 10.4. The van der Waals surface area contributed by atoms with Crippen LogP contribution in [0, 0.1) is 0 Å². The molecule has 6 nitrogen and oxygen atoms in total. The minimum Gasteiger partial charge on any atom is -0.412 e. The van der Waals surface area contributed by atoms with Crippen molar-refractivity contribution in [2.75, 3.05) is 0 Å². The Bertz CT molecular complexity index is 404. The van der Waals surface area contributed by atoms with Gasteiger partial charge in [-0.1, -0.05) is 23.2 Å². The molecule has 0 aliphatic carbocycles. The van der Waals surface area contributed by atoms with Crippen LogP contribution in [0.1, 0.15) is 0 Å². The molecule has 0 radical (unpaired) electrons. The molecule has 0 atom stereocenters. The van der Waals surface area contributed by atoms with Gasteiger partial charge in [0.25, 0.3) is 10.1 Å². The summed E-state index contributed by atoms with van der Waals surface area (Å²) in [6.07, 6.45) is 0. The van der Waals surface area contributed by atoms with Crippen molar-refractivity contribution in [3.63, 3.8) is 0 Å². The third-order valence-corrected chi connectivity index (χ3v) is 2.74. The Kier molecular flexibility index (Phi) is 9.31. The van der Waals surface area contributed by atoms with E-state index in [-0.39, 0.29) is 31.4 Å². The maximum absolute atomic E-state index is 10.6. The van der Waals surface area contributed by atoms with Gasteiger partial charge in [0.15, 0.2) is 0 Å². The van der Waals surface area contributed by atoms with Crippen molar-refractivity contribution in [1.29, 1.82) is 0 Å². The lowest BCUT2D eigenvalue weighted by Crippen LogP contribution is -1.98. The fourth-order valence-corrected chi connectivity index (χ4v) is 1.91. The molecule has 0 aliphatic rings. The molecule has 15 heavy (non-hydrogen) atoms. The van der Waals surface area contributed by atoms with Gasteiger partial charge in [-0.2, -0.15) is 8.42 Å². The van der Waals surface area contributed by atoms with Gasteiger partial charge in [0, 0.05) is 5.02 Å². The van der Waals surface area contributed by atoms with Crippen molar-refractivity contribution in [3.05, 3.63) is 28.2 Å². The second-order valence-corrected chi connectivity index (χ2v) is 4.28. The summed E-state index contributed by atoms with van der Waals surface area (Å²) < 4.78 is 29.9. The van der Waals surface area contributed by atoms with E-state index in [1.165, 1.54) is 12.1 Å². The molecule has 0 amide bonds. The van der Waals surface area contributed by atoms with Gasteiger partial charge in [0.05, 0.1) is 5.02 Å². The zero-order chi connectivity index (χ0) is 9.35. The molecular weight excluding hydrogens is 271 g/mol. The minimum atomic E-state index is -4.27. The van der Waals surface area contributed by atoms with Crippen LogP contribution >= 0.6 is 23.2 Å². The second kappa shape index (κ2) is 6.96. The summed E-state index contributed by atoms with van der Waals surface area (Å²) in [5, 5.41) is 0.147. The number of hydrogen-bond acceptors (Lipinski definition) is 2. The minimum absolute atomic E-state index is 0. The first kappa shape index (κ1) is 20.1. The van der Waals surface area contributed by atoms with Crippen LogP contribution in [0.4, 0.5) is 0 Å². The SMILES string of the molecule is O.O.O.O=S(=O)(O)c1cc(Cl)ccc1Cl. The van der Waals surface area contributed by atoms with Crippen LogP contribution in [0.5, 0.6) is 0 Å². The molecule has 0 spiro atoms. The molecule has 0 aliphatic heterocycles. The van der Waals surface area contributed by atoms with Gasteiger partial charge in [0.1, 0.15) is 4.90 Å². The fourth-order valence-electron chi connectivity index (χ4n) is 0.675. The van der Waals surface area contributed by atoms with Crippen LogP contribution in [0.25, 0.3) is 0 Å². The van der Waals surface area contributed by atoms with Crippen molar-refractivity contribution in [2.45, 2.75) is 4.90 Å². The van der Waals surface area contributed by atoms with Crippen molar-refractivity contribution >= 4 is 33.3 Å². The van der Waals surface area contributed by atoms with Gasteiger partial charge >= 0.3 is 0 Å². The van der Waals surface area contributed by atoms with Crippen LogP contribution in [0.2, 0.25) is 10.0 Å². The predicted octanol–water partition coefficient (Wildman–Crippen LogP) is -0.234. The summed E-state index contributed by atoms with van der Waals surface area (Å²) >= 11 is 11.0. The Morgan fingerprint density at radius 2 is 1.53 bits per heavy atom. The number of benzene rings is 1. The van der Waals surface area contributed by atoms with E-state index in [4.69, 9.17) is 27.8 Å². The van der Waals surface area contributed by atoms with Crippen molar-refractivity contribution in [3.8, 4) is 0 Å². The third-order valence-electron chi connectivity index (χ3n) is 1.17. The summed E-state index contributed by atoms with van der Waals surface area (Å²) in [7, 11) is -4.27. The van der Waals surface area contributed by atoms with E-state index in [1.807, 2.05) is 0 Å². The van der Waals surface area contributed by atoms with Crippen LogP contribution in [-0.4, -0.2) is 29.4 Å². The average Bonchev–Trinajstić information content (AvgIpc) is 1.92. The summed E-state index contributed by atoms with van der Waals surface area (Å²) in [5.74, 6) is 0. The molecule has 90 valence electrons. The van der Waals surface area contributed by atoms with E-state index >= 15 is 0 Å². The Morgan fingerprint density at radius 3 is 1.87 bits per heavy atom. The van der Waals surface area contributed by atoms with Crippen molar-refractivity contribution < 1.29 is 29.4 Å². The second-order valence-electron chi connectivity index (χ2n) is 2.05. The monoisotopic (exact) mass is 280 g/mol. The van der Waals surface area contributed by atoms with E-state index < -0.39 is 10.1 Å². The first-order chi connectivity index (χ1) is 5.41. The Hall–Kier alpha value is -0.410. The molecule has 0 aromatic heterocycles. The first-order valence-electron chi connectivity index (χ1n) is 2.84. The molecule has 0 unspecified atom stereocenters. The highest BCUT2D eigenvalue weighted by molar-refractivity contribution is 7.86. The normalized spacial score (nSPS) is 9.27. The smallest absolute Gasteiger partial charge is 0.296 e. The highest BCUT2D eigenvalue weighted by Crippen LogP contribution is 2.24. The van der Waals surface area contributed by atoms with Gasteiger partial charge in [-0.15, -0.1) is 0 Å². The molecule has 0 fully saturated rings. The third kappa shape index (κ3) is 5.28. The van der Waals surface area contributed by atoms with E-state index in [9.17, 15) is 8.42 Å². The van der Waals surface area contributed by atoms with Gasteiger partial charge < -0.3 is 16.4 Å². The topological polar surface area (TPSA) is 149 Å². The van der Waals surface area contributed by atoms with Gasteiger partial charge in [-0.3, -0.25) is 4.55 Å². The summed E-state index contributed by atoms with van der Waals surface area (Å²) in [5.41, 5.74) is 0. The molecule has 7 N–H and O–H groups in total. The molecular formula is C6H10Cl2O6S. The van der Waals surface area contributed by atoms with Crippen LogP contribution in [0.15, 0.2) is 23.1 Å². The molecule has 0 saturated heterocycles. The standard InChI is InChI=1S/C6H4Cl2O3S.3H2O/c7-4-1-2-5(8)6(3-4)12(9,10)11;;;/h1-3H,(H,9,10,11);3*1H2. The Balaban J connectivity index is -0.000000480. The van der Waals surface area contributed by atoms with E-state index in [1.54, 1.807) is 0 Å². The lowest BCUT2D eigenvalue weighted by molar-refractivity contribution is 0.483. The highest BCUT2D eigenvalue weighted by Gasteiger charge is 2.14. The largest absolute Gasteiger partial charge is 0.412 e. The summed E-state index contributed by atoms with van der Waals surface area (Å²) in [6.45, 7) is 0. The number of rotatable bonds is 1. The molecule has 0 saturated carbocycles. The van der Waals surface area contributed by atoms with Gasteiger partial charge in [-0.05, 0) is 18.2 Å². The maximum Gasteiger partial charge on any atom is 0.296 e. The van der Waals surface area contributed by atoms with Gasteiger partial charge in [-0.25, -0.2) is 0 Å². The molecule has 1 aromatic carbocycles. The van der Waals surface area contributed by atoms with E-state index in [0.29, 0.717) is 0 Å². The Labute approximate surface area is 96.1 Å². The average molecular weight is 281 g/mol. The highest BCUT2D eigenvalue weighted by atomic mass is 35.5. The number of halogens is 2. The van der Waals surface area contributed by atoms with Crippen LogP contribution in [0.3, 0.4) is 0 Å². The number of hydrogen-bond donors (Lipinski definition) is 1. The quantitative estimate of drug-likeness (QED) is 0.708. The van der Waals surface area contributed by atoms with E-state index in [0.717, 1.165) is 6.07 Å². The molecule has 1 rings (SSSR count).